The molecule has 9 heteroatoms. The maximum atomic E-state index is 11.7. The van der Waals surface area contributed by atoms with Gasteiger partial charge in [-0.3, -0.25) is 4.99 Å². The molecule has 146 valence electrons. The summed E-state index contributed by atoms with van der Waals surface area (Å²) in [7, 11) is 0. The number of aliphatic imine (C=N–C) groups is 1. The molecule has 4 N–H and O–H groups in total. The SMILES string of the molecule is CCOC(=O)N1CCC(NC(N)=NCC(O)c2ccc(Cl)cc2)CC1.I. The van der Waals surface area contributed by atoms with E-state index in [0.717, 1.165) is 18.4 Å². The third-order valence-electron chi connectivity index (χ3n) is 4.06. The zero-order chi connectivity index (χ0) is 18.2. The van der Waals surface area contributed by atoms with E-state index in [9.17, 15) is 9.90 Å². The highest BCUT2D eigenvalue weighted by molar-refractivity contribution is 14.0. The van der Waals surface area contributed by atoms with Gasteiger partial charge in [0, 0.05) is 24.2 Å². The first-order valence-electron chi connectivity index (χ1n) is 8.41. The second kappa shape index (κ2) is 11.5. The van der Waals surface area contributed by atoms with Crippen LogP contribution in [-0.2, 0) is 4.74 Å². The highest BCUT2D eigenvalue weighted by atomic mass is 127. The zero-order valence-corrected chi connectivity index (χ0v) is 17.8. The van der Waals surface area contributed by atoms with E-state index in [2.05, 4.69) is 10.3 Å². The van der Waals surface area contributed by atoms with E-state index in [-0.39, 0.29) is 42.7 Å². The van der Waals surface area contributed by atoms with Gasteiger partial charge in [-0.05, 0) is 37.5 Å². The molecular weight excluding hydrogens is 471 g/mol. The van der Waals surface area contributed by atoms with E-state index in [4.69, 9.17) is 22.1 Å². The predicted octanol–water partition coefficient (Wildman–Crippen LogP) is 2.52. The summed E-state index contributed by atoms with van der Waals surface area (Å²) < 4.78 is 4.99. The van der Waals surface area contributed by atoms with E-state index < -0.39 is 6.10 Å². The number of nitrogens with one attached hydrogen (secondary N) is 1. The van der Waals surface area contributed by atoms with E-state index in [0.29, 0.717) is 30.7 Å². The monoisotopic (exact) mass is 496 g/mol. The number of hydrogen-bond donors (Lipinski definition) is 3. The number of piperidine rings is 1. The number of ether oxygens (including phenoxy) is 1. The number of aliphatic hydroxyl groups is 1. The molecule has 1 aliphatic heterocycles. The number of guanidine groups is 1. The number of amides is 1. The van der Waals surface area contributed by atoms with E-state index in [1.165, 1.54) is 0 Å². The molecule has 7 nitrogen and oxygen atoms in total. The molecule has 1 fully saturated rings. The van der Waals surface area contributed by atoms with Crippen molar-refractivity contribution >= 4 is 47.6 Å². The smallest absolute Gasteiger partial charge is 0.409 e. The van der Waals surface area contributed by atoms with Crippen molar-refractivity contribution in [2.75, 3.05) is 26.2 Å². The first kappa shape index (κ1) is 22.8. The Balaban J connectivity index is 0.00000338. The van der Waals surface area contributed by atoms with Crippen molar-refractivity contribution in [3.8, 4) is 0 Å². The minimum absolute atomic E-state index is 0. The Kier molecular flexibility index (Phi) is 10.0. The summed E-state index contributed by atoms with van der Waals surface area (Å²) >= 11 is 5.83. The summed E-state index contributed by atoms with van der Waals surface area (Å²) in [6.45, 7) is 3.59. The molecular formula is C17H26ClIN4O3. The predicted molar refractivity (Wildman–Crippen MR) is 113 cm³/mol. The van der Waals surface area contributed by atoms with Gasteiger partial charge in [-0.25, -0.2) is 4.79 Å². The first-order valence-corrected chi connectivity index (χ1v) is 8.79. The second-order valence-corrected chi connectivity index (χ2v) is 6.33. The van der Waals surface area contributed by atoms with Crippen LogP contribution >= 0.6 is 35.6 Å². The highest BCUT2D eigenvalue weighted by Gasteiger charge is 2.23. The van der Waals surface area contributed by atoms with Crippen LogP contribution in [0.15, 0.2) is 29.3 Å². The van der Waals surface area contributed by atoms with Gasteiger partial charge in [0.25, 0.3) is 0 Å². The van der Waals surface area contributed by atoms with Crippen LogP contribution in [0.25, 0.3) is 0 Å². The Labute approximate surface area is 176 Å². The van der Waals surface area contributed by atoms with Crippen molar-refractivity contribution in [3.63, 3.8) is 0 Å². The number of rotatable bonds is 5. The van der Waals surface area contributed by atoms with Gasteiger partial charge < -0.3 is 25.8 Å². The third kappa shape index (κ3) is 7.16. The topological polar surface area (TPSA) is 100 Å². The lowest BCUT2D eigenvalue weighted by Crippen LogP contribution is -2.48. The van der Waals surface area contributed by atoms with Gasteiger partial charge in [-0.1, -0.05) is 23.7 Å². The molecule has 0 bridgehead atoms. The largest absolute Gasteiger partial charge is 0.450 e. The molecule has 0 radical (unpaired) electrons. The molecule has 1 heterocycles. The Bertz CT molecular complexity index is 592. The number of benzene rings is 1. The van der Waals surface area contributed by atoms with Crippen LogP contribution in [-0.4, -0.2) is 54.3 Å². The number of aliphatic hydroxyl groups excluding tert-OH is 1. The number of carbonyl (C=O) groups is 1. The van der Waals surface area contributed by atoms with Crippen molar-refractivity contribution in [2.45, 2.75) is 31.9 Å². The lowest BCUT2D eigenvalue weighted by Gasteiger charge is -2.31. The molecule has 1 saturated heterocycles. The van der Waals surface area contributed by atoms with E-state index in [1.54, 1.807) is 36.1 Å². The number of nitrogens with zero attached hydrogens (tertiary/aromatic N) is 2. The van der Waals surface area contributed by atoms with Crippen LogP contribution in [0, 0.1) is 0 Å². The van der Waals surface area contributed by atoms with Crippen LogP contribution in [0.3, 0.4) is 0 Å². The maximum absolute atomic E-state index is 11.7. The standard InChI is InChI=1S/C17H25ClN4O3.HI/c1-2-25-17(24)22-9-7-14(8-10-22)21-16(19)20-11-15(23)12-3-5-13(18)6-4-12;/h3-6,14-15,23H,2,7-11H2,1H3,(H3,19,20,21);1H. The van der Waals surface area contributed by atoms with Crippen molar-refractivity contribution in [1.29, 1.82) is 0 Å². The average Bonchev–Trinajstić information content (AvgIpc) is 2.61. The Hall–Kier alpha value is -1.26. The van der Waals surface area contributed by atoms with Crippen molar-refractivity contribution in [3.05, 3.63) is 34.9 Å². The Morgan fingerprint density at radius 1 is 1.42 bits per heavy atom. The molecule has 0 aromatic heterocycles. The average molecular weight is 497 g/mol. The van der Waals surface area contributed by atoms with E-state index >= 15 is 0 Å². The number of likely N-dealkylation sites (tertiary alicyclic amines) is 1. The summed E-state index contributed by atoms with van der Waals surface area (Å²) in [5.74, 6) is 0.294. The summed E-state index contributed by atoms with van der Waals surface area (Å²) in [5, 5.41) is 13.9. The molecule has 0 aliphatic carbocycles. The lowest BCUT2D eigenvalue weighted by atomic mass is 10.1. The van der Waals surface area contributed by atoms with Crippen LogP contribution in [0.2, 0.25) is 5.02 Å². The molecule has 1 aromatic carbocycles. The lowest BCUT2D eigenvalue weighted by molar-refractivity contribution is 0.0963. The Morgan fingerprint density at radius 3 is 2.62 bits per heavy atom. The van der Waals surface area contributed by atoms with Gasteiger partial charge >= 0.3 is 6.09 Å². The third-order valence-corrected chi connectivity index (χ3v) is 4.31. The molecule has 1 unspecified atom stereocenters. The molecule has 0 spiro atoms. The van der Waals surface area contributed by atoms with Crippen molar-refractivity contribution in [2.24, 2.45) is 10.7 Å². The first-order chi connectivity index (χ1) is 12.0. The molecule has 1 atom stereocenters. The molecule has 1 amide bonds. The zero-order valence-electron chi connectivity index (χ0n) is 14.7. The fourth-order valence-corrected chi connectivity index (χ4v) is 2.78. The summed E-state index contributed by atoms with van der Waals surface area (Å²) in [5.41, 5.74) is 6.64. The minimum atomic E-state index is -0.733. The number of hydrogen-bond acceptors (Lipinski definition) is 4. The van der Waals surface area contributed by atoms with Gasteiger partial charge in [-0.15, -0.1) is 24.0 Å². The van der Waals surface area contributed by atoms with Crippen molar-refractivity contribution < 1.29 is 14.6 Å². The van der Waals surface area contributed by atoms with Crippen LogP contribution in [0.1, 0.15) is 31.4 Å². The van der Waals surface area contributed by atoms with Gasteiger partial charge in [0.1, 0.15) is 0 Å². The van der Waals surface area contributed by atoms with Crippen LogP contribution in [0.5, 0.6) is 0 Å². The normalized spacial score (nSPS) is 16.6. The highest BCUT2D eigenvalue weighted by Crippen LogP contribution is 2.16. The number of carbonyl (C=O) groups excluding carboxylic acids is 1. The molecule has 1 aliphatic rings. The molecule has 2 rings (SSSR count). The molecule has 0 saturated carbocycles. The fraction of sp³-hybridized carbons (Fsp3) is 0.529. The summed E-state index contributed by atoms with van der Waals surface area (Å²) in [6, 6.07) is 7.13. The summed E-state index contributed by atoms with van der Waals surface area (Å²) in [4.78, 5) is 17.5. The number of nitrogens with two attached hydrogens (primary N) is 1. The van der Waals surface area contributed by atoms with Crippen molar-refractivity contribution in [1.82, 2.24) is 10.2 Å². The summed E-state index contributed by atoms with van der Waals surface area (Å²) in [6.07, 6.45) is 0.542. The van der Waals surface area contributed by atoms with E-state index in [1.807, 2.05) is 0 Å². The van der Waals surface area contributed by atoms with Gasteiger partial charge in [0.2, 0.25) is 0 Å². The second-order valence-electron chi connectivity index (χ2n) is 5.90. The Morgan fingerprint density at radius 2 is 2.04 bits per heavy atom. The van der Waals surface area contributed by atoms with Gasteiger partial charge in [0.15, 0.2) is 5.96 Å². The van der Waals surface area contributed by atoms with Crippen LogP contribution < -0.4 is 11.1 Å². The molecule has 26 heavy (non-hydrogen) atoms. The quantitative estimate of drug-likeness (QED) is 0.330. The van der Waals surface area contributed by atoms with Gasteiger partial charge in [-0.2, -0.15) is 0 Å². The minimum Gasteiger partial charge on any atom is -0.450 e. The fourth-order valence-electron chi connectivity index (χ4n) is 2.65. The van der Waals surface area contributed by atoms with Crippen LogP contribution in [0.4, 0.5) is 4.79 Å². The molecule has 1 aromatic rings. The van der Waals surface area contributed by atoms with Gasteiger partial charge in [0.05, 0.1) is 19.3 Å². The maximum Gasteiger partial charge on any atom is 0.409 e. The number of halogens is 2.